The zero-order valence-corrected chi connectivity index (χ0v) is 19.4. The Morgan fingerprint density at radius 1 is 0.900 bits per heavy atom. The topological polar surface area (TPSA) is 26.3 Å². The maximum Gasteiger partial charge on any atom is 0.160 e. The Morgan fingerprint density at radius 2 is 1.57 bits per heavy atom. The van der Waals surface area contributed by atoms with Gasteiger partial charge in [-0.3, -0.25) is 4.79 Å². The zero-order valence-electron chi connectivity index (χ0n) is 18.4. The number of benzene rings is 3. The van der Waals surface area contributed by atoms with Gasteiger partial charge in [-0.15, -0.1) is 0 Å². The highest BCUT2D eigenvalue weighted by molar-refractivity contribution is 7.48. The highest BCUT2D eigenvalue weighted by Crippen LogP contribution is 2.51. The molecule has 0 saturated heterocycles. The molecule has 156 valence electrons. The number of ether oxygens (including phenoxy) is 1. The van der Waals surface area contributed by atoms with E-state index in [4.69, 9.17) is 4.74 Å². The van der Waals surface area contributed by atoms with Gasteiger partial charge in [-0.25, -0.2) is 0 Å². The molecule has 0 saturated carbocycles. The number of ketones is 1. The minimum Gasteiger partial charge on any atom is -0.496 e. The molecule has 1 unspecified atom stereocenters. The van der Waals surface area contributed by atoms with Gasteiger partial charge >= 0.3 is 0 Å². The van der Waals surface area contributed by atoms with Gasteiger partial charge in [-0.2, -0.15) is 0 Å². The van der Waals surface area contributed by atoms with Crippen LogP contribution in [0.4, 0.5) is 0 Å². The molecule has 0 aliphatic rings. The number of methoxy groups -OCH3 is 1. The van der Waals surface area contributed by atoms with Crippen LogP contribution in [0.3, 0.4) is 0 Å². The number of carbonyl (C=O) groups is 1. The van der Waals surface area contributed by atoms with Crippen molar-refractivity contribution in [3.8, 4) is 5.75 Å². The first-order valence-electron chi connectivity index (χ1n) is 10.6. The van der Waals surface area contributed by atoms with E-state index in [9.17, 15) is 4.79 Å². The quantitative estimate of drug-likeness (QED) is 0.293. The van der Waals surface area contributed by atoms with E-state index in [-0.39, 0.29) is 10.9 Å². The molecule has 0 N–H and O–H groups in total. The maximum atomic E-state index is 12.2. The van der Waals surface area contributed by atoms with Crippen molar-refractivity contribution in [3.05, 3.63) is 95.1 Å². The molecule has 3 rings (SSSR count). The fourth-order valence-corrected chi connectivity index (χ4v) is 5.96. The van der Waals surface area contributed by atoms with Gasteiger partial charge < -0.3 is 4.74 Å². The molecule has 2 nitrogen and oxygen atoms in total. The van der Waals surface area contributed by atoms with Gasteiger partial charge in [0.2, 0.25) is 0 Å². The number of para-hydroxylation sites is 1. The Kier molecular flexibility index (Phi) is 7.45. The van der Waals surface area contributed by atoms with E-state index in [2.05, 4.69) is 62.4 Å². The van der Waals surface area contributed by atoms with Crippen LogP contribution in [0, 0.1) is 0 Å². The third kappa shape index (κ3) is 4.65. The molecule has 3 heteroatoms. The van der Waals surface area contributed by atoms with Crippen LogP contribution in [0.1, 0.15) is 60.7 Å². The van der Waals surface area contributed by atoms with Gasteiger partial charge in [-0.05, 0) is 36.2 Å². The van der Waals surface area contributed by atoms with Gasteiger partial charge in [0.05, 0.1) is 7.11 Å². The SMILES string of the molecule is CCC(CC)(Pc1ccccc1C(C)=O)c1cccc(Cc2ccccc2)c1OC. The van der Waals surface area contributed by atoms with E-state index in [0.717, 1.165) is 35.9 Å². The van der Waals surface area contributed by atoms with Crippen molar-refractivity contribution in [3.63, 3.8) is 0 Å². The Labute approximate surface area is 182 Å². The molecule has 0 bridgehead atoms. The second kappa shape index (κ2) is 10.0. The molecule has 0 amide bonds. The van der Waals surface area contributed by atoms with Crippen molar-refractivity contribution in [2.45, 2.75) is 45.2 Å². The predicted molar refractivity (Wildman–Crippen MR) is 129 cm³/mol. The Bertz CT molecular complexity index is 991. The number of carbonyl (C=O) groups excluding carboxylic acids is 1. The lowest BCUT2D eigenvalue weighted by molar-refractivity contribution is 0.101. The molecular formula is C27H31O2P. The molecule has 0 aliphatic heterocycles. The van der Waals surface area contributed by atoms with Crippen molar-refractivity contribution in [2.24, 2.45) is 0 Å². The number of Topliss-reactive ketones (excluding diaryl/α,β-unsaturated/α-hetero) is 1. The van der Waals surface area contributed by atoms with E-state index < -0.39 is 0 Å². The lowest BCUT2D eigenvalue weighted by atomic mass is 9.89. The molecule has 0 spiro atoms. The summed E-state index contributed by atoms with van der Waals surface area (Å²) >= 11 is 0. The normalized spacial score (nSPS) is 11.7. The molecule has 0 aliphatic carbocycles. The molecular weight excluding hydrogens is 387 g/mol. The summed E-state index contributed by atoms with van der Waals surface area (Å²) in [5.41, 5.74) is 4.56. The maximum absolute atomic E-state index is 12.2. The predicted octanol–water partition coefficient (Wildman–Crippen LogP) is 6.51. The second-order valence-corrected chi connectivity index (χ2v) is 9.42. The fourth-order valence-electron chi connectivity index (χ4n) is 4.19. The highest BCUT2D eigenvalue weighted by Gasteiger charge is 2.33. The zero-order chi connectivity index (χ0) is 21.6. The average Bonchev–Trinajstić information content (AvgIpc) is 2.78. The van der Waals surface area contributed by atoms with Gasteiger partial charge in [-0.1, -0.05) is 95.2 Å². The summed E-state index contributed by atoms with van der Waals surface area (Å²) in [7, 11) is 2.27. The summed E-state index contributed by atoms with van der Waals surface area (Å²) in [6.45, 7) is 6.15. The van der Waals surface area contributed by atoms with Crippen LogP contribution in [0.15, 0.2) is 72.8 Å². The lowest BCUT2D eigenvalue weighted by Gasteiger charge is -2.35. The number of rotatable bonds is 9. The van der Waals surface area contributed by atoms with Crippen molar-refractivity contribution < 1.29 is 9.53 Å². The summed E-state index contributed by atoms with van der Waals surface area (Å²) in [5, 5.41) is 1.08. The van der Waals surface area contributed by atoms with E-state index in [1.807, 2.05) is 24.3 Å². The molecule has 0 fully saturated rings. The summed E-state index contributed by atoms with van der Waals surface area (Å²) in [5.74, 6) is 1.11. The molecule has 3 aromatic rings. The van der Waals surface area contributed by atoms with E-state index >= 15 is 0 Å². The first kappa shape index (κ1) is 22.2. The van der Waals surface area contributed by atoms with Gasteiger partial charge in [0.15, 0.2) is 5.78 Å². The van der Waals surface area contributed by atoms with Crippen LogP contribution >= 0.6 is 8.58 Å². The van der Waals surface area contributed by atoms with Crippen LogP contribution in [0.25, 0.3) is 0 Å². The van der Waals surface area contributed by atoms with Crippen LogP contribution in [0.5, 0.6) is 5.75 Å². The minimum absolute atomic E-state index is 0.0659. The number of hydrogen-bond acceptors (Lipinski definition) is 2. The minimum atomic E-state index is -0.0659. The highest BCUT2D eigenvalue weighted by atomic mass is 31.1. The van der Waals surface area contributed by atoms with Crippen molar-refractivity contribution in [1.29, 1.82) is 0 Å². The first-order valence-corrected chi connectivity index (χ1v) is 11.6. The van der Waals surface area contributed by atoms with Crippen LogP contribution < -0.4 is 10.0 Å². The van der Waals surface area contributed by atoms with Crippen molar-refractivity contribution >= 4 is 19.7 Å². The Hall–Kier alpha value is -2.44. The third-order valence-corrected chi connectivity index (χ3v) is 8.10. The van der Waals surface area contributed by atoms with Crippen LogP contribution in [0.2, 0.25) is 0 Å². The molecule has 0 radical (unpaired) electrons. The van der Waals surface area contributed by atoms with Gasteiger partial charge in [0, 0.05) is 22.7 Å². The molecule has 1 atom stereocenters. The Morgan fingerprint density at radius 3 is 2.20 bits per heavy atom. The van der Waals surface area contributed by atoms with Crippen LogP contribution in [-0.2, 0) is 11.6 Å². The fraction of sp³-hybridized carbons (Fsp3) is 0.296. The van der Waals surface area contributed by atoms with Crippen molar-refractivity contribution in [1.82, 2.24) is 0 Å². The van der Waals surface area contributed by atoms with E-state index in [1.165, 1.54) is 16.7 Å². The van der Waals surface area contributed by atoms with Gasteiger partial charge in [0.1, 0.15) is 5.75 Å². The summed E-state index contributed by atoms with van der Waals surface area (Å²) < 4.78 is 6.01. The van der Waals surface area contributed by atoms with E-state index in [0.29, 0.717) is 8.58 Å². The van der Waals surface area contributed by atoms with Crippen molar-refractivity contribution in [2.75, 3.05) is 7.11 Å². The summed E-state index contributed by atoms with van der Waals surface area (Å²) in [4.78, 5) is 12.2. The summed E-state index contributed by atoms with van der Waals surface area (Å²) in [6.07, 6.45) is 2.81. The first-order chi connectivity index (χ1) is 14.5. The van der Waals surface area contributed by atoms with Crippen LogP contribution in [-0.4, -0.2) is 12.9 Å². The smallest absolute Gasteiger partial charge is 0.160 e. The third-order valence-electron chi connectivity index (χ3n) is 5.94. The summed E-state index contributed by atoms with van der Waals surface area (Å²) in [6, 6.07) is 25.1. The Balaban J connectivity index is 2.08. The molecule has 30 heavy (non-hydrogen) atoms. The monoisotopic (exact) mass is 418 g/mol. The van der Waals surface area contributed by atoms with Gasteiger partial charge in [0.25, 0.3) is 0 Å². The lowest BCUT2D eigenvalue weighted by Crippen LogP contribution is -2.24. The second-order valence-electron chi connectivity index (χ2n) is 7.68. The largest absolute Gasteiger partial charge is 0.496 e. The standard InChI is InChI=1S/C27H31O2P/c1-5-27(6-2,30-25-18-11-10-16-23(25)20(3)28)24-17-12-15-22(26(24)29-4)19-21-13-8-7-9-14-21/h7-18,30H,5-6,19H2,1-4H3. The molecule has 0 aromatic heterocycles. The van der Waals surface area contributed by atoms with E-state index in [1.54, 1.807) is 14.0 Å². The molecule has 3 aromatic carbocycles. The average molecular weight is 419 g/mol. The number of hydrogen-bond donors (Lipinski definition) is 0. The molecule has 0 heterocycles.